The fourth-order valence-electron chi connectivity index (χ4n) is 3.15. The summed E-state index contributed by atoms with van der Waals surface area (Å²) in [5.74, 6) is 1.24. The minimum atomic E-state index is -0.0652. The van der Waals surface area contributed by atoms with Crippen molar-refractivity contribution in [3.63, 3.8) is 0 Å². The molecule has 23 heavy (non-hydrogen) atoms. The largest absolute Gasteiger partial charge is 0.486 e. The molecule has 0 aliphatic carbocycles. The summed E-state index contributed by atoms with van der Waals surface area (Å²) in [7, 11) is 0. The molecule has 2 heterocycles. The SMILES string of the molecule is NC1Cc2ccccc2N(C(=O)c2ccc3c(c2)OCCO3)C1. The van der Waals surface area contributed by atoms with Crippen LogP contribution in [0.2, 0.25) is 0 Å². The molecule has 0 saturated heterocycles. The van der Waals surface area contributed by atoms with E-state index in [1.807, 2.05) is 24.3 Å². The van der Waals surface area contributed by atoms with E-state index in [1.165, 1.54) is 0 Å². The predicted octanol–water partition coefficient (Wildman–Crippen LogP) is 1.99. The van der Waals surface area contributed by atoms with E-state index in [1.54, 1.807) is 23.1 Å². The van der Waals surface area contributed by atoms with Gasteiger partial charge in [-0.25, -0.2) is 0 Å². The molecule has 2 aliphatic rings. The summed E-state index contributed by atoms with van der Waals surface area (Å²) >= 11 is 0. The molecule has 2 aliphatic heterocycles. The molecule has 1 atom stereocenters. The number of hydrogen-bond donors (Lipinski definition) is 1. The van der Waals surface area contributed by atoms with E-state index in [-0.39, 0.29) is 11.9 Å². The maximum absolute atomic E-state index is 13.0. The summed E-state index contributed by atoms with van der Waals surface area (Å²) in [5, 5.41) is 0. The van der Waals surface area contributed by atoms with Crippen molar-refractivity contribution in [2.24, 2.45) is 5.73 Å². The monoisotopic (exact) mass is 310 g/mol. The van der Waals surface area contributed by atoms with Crippen molar-refractivity contribution >= 4 is 11.6 Å². The molecule has 2 aromatic rings. The van der Waals surface area contributed by atoms with Crippen molar-refractivity contribution in [1.82, 2.24) is 0 Å². The highest BCUT2D eigenvalue weighted by atomic mass is 16.6. The maximum Gasteiger partial charge on any atom is 0.258 e. The number of carbonyl (C=O) groups excluding carboxylic acids is 1. The molecule has 1 unspecified atom stereocenters. The van der Waals surface area contributed by atoms with Gasteiger partial charge in [0.15, 0.2) is 11.5 Å². The molecule has 0 bridgehead atoms. The van der Waals surface area contributed by atoms with Gasteiger partial charge in [0, 0.05) is 23.8 Å². The van der Waals surface area contributed by atoms with E-state index < -0.39 is 0 Å². The topological polar surface area (TPSA) is 64.8 Å². The van der Waals surface area contributed by atoms with Crippen LogP contribution in [0.4, 0.5) is 5.69 Å². The lowest BCUT2D eigenvalue weighted by atomic mass is 9.97. The number of fused-ring (bicyclic) bond motifs is 2. The van der Waals surface area contributed by atoms with Crippen molar-refractivity contribution in [2.75, 3.05) is 24.7 Å². The van der Waals surface area contributed by atoms with Crippen LogP contribution in [0.3, 0.4) is 0 Å². The van der Waals surface area contributed by atoms with Crippen LogP contribution in [0.15, 0.2) is 42.5 Å². The summed E-state index contributed by atoms with van der Waals surface area (Å²) in [6.07, 6.45) is 0.793. The Morgan fingerprint density at radius 1 is 1.09 bits per heavy atom. The first kappa shape index (κ1) is 14.1. The van der Waals surface area contributed by atoms with E-state index in [9.17, 15) is 4.79 Å². The first-order valence-electron chi connectivity index (χ1n) is 7.77. The lowest BCUT2D eigenvalue weighted by Crippen LogP contribution is -2.46. The van der Waals surface area contributed by atoms with Crippen LogP contribution in [0, 0.1) is 0 Å². The highest BCUT2D eigenvalue weighted by Crippen LogP contribution is 2.33. The second-order valence-electron chi connectivity index (χ2n) is 5.87. The van der Waals surface area contributed by atoms with Crippen molar-refractivity contribution in [2.45, 2.75) is 12.5 Å². The smallest absolute Gasteiger partial charge is 0.258 e. The minimum Gasteiger partial charge on any atom is -0.486 e. The fraction of sp³-hybridized carbons (Fsp3) is 0.278. The average Bonchev–Trinajstić information content (AvgIpc) is 2.60. The molecule has 4 rings (SSSR count). The van der Waals surface area contributed by atoms with Gasteiger partial charge in [-0.2, -0.15) is 0 Å². The Morgan fingerprint density at radius 3 is 2.74 bits per heavy atom. The number of hydrogen-bond acceptors (Lipinski definition) is 4. The summed E-state index contributed by atoms with van der Waals surface area (Å²) in [5.41, 5.74) is 8.76. The van der Waals surface area contributed by atoms with Gasteiger partial charge < -0.3 is 20.1 Å². The third-order valence-electron chi connectivity index (χ3n) is 4.22. The van der Waals surface area contributed by atoms with Crippen LogP contribution < -0.4 is 20.1 Å². The van der Waals surface area contributed by atoms with Crippen molar-refractivity contribution in [3.05, 3.63) is 53.6 Å². The van der Waals surface area contributed by atoms with Gasteiger partial charge in [0.1, 0.15) is 13.2 Å². The standard InChI is InChI=1S/C18H18N2O3/c19-14-9-12-3-1-2-4-15(12)20(11-14)18(21)13-5-6-16-17(10-13)23-8-7-22-16/h1-6,10,14H,7-9,11,19H2. The summed E-state index contributed by atoms with van der Waals surface area (Å²) in [6.45, 7) is 1.56. The summed E-state index contributed by atoms with van der Waals surface area (Å²) in [6, 6.07) is 13.2. The Balaban J connectivity index is 1.69. The molecular formula is C18H18N2O3. The number of rotatable bonds is 1. The quantitative estimate of drug-likeness (QED) is 0.875. The van der Waals surface area contributed by atoms with E-state index in [0.717, 1.165) is 17.7 Å². The van der Waals surface area contributed by atoms with Crippen molar-refractivity contribution in [1.29, 1.82) is 0 Å². The Labute approximate surface area is 134 Å². The number of amides is 1. The van der Waals surface area contributed by atoms with Gasteiger partial charge in [0.2, 0.25) is 0 Å². The lowest BCUT2D eigenvalue weighted by molar-refractivity contribution is 0.0982. The van der Waals surface area contributed by atoms with Crippen LogP contribution in [-0.2, 0) is 6.42 Å². The molecule has 0 radical (unpaired) electrons. The second-order valence-corrected chi connectivity index (χ2v) is 5.87. The third-order valence-corrected chi connectivity index (χ3v) is 4.22. The van der Waals surface area contributed by atoms with E-state index in [2.05, 4.69) is 0 Å². The Bertz CT molecular complexity index is 760. The number of nitrogens with zero attached hydrogens (tertiary/aromatic N) is 1. The number of ether oxygens (including phenoxy) is 2. The molecule has 2 aromatic carbocycles. The number of para-hydroxylation sites is 1. The van der Waals surface area contributed by atoms with Gasteiger partial charge in [0.25, 0.3) is 5.91 Å². The van der Waals surface area contributed by atoms with E-state index in [4.69, 9.17) is 15.2 Å². The van der Waals surface area contributed by atoms with Crippen LogP contribution in [0.5, 0.6) is 11.5 Å². The average molecular weight is 310 g/mol. The third kappa shape index (κ3) is 2.53. The van der Waals surface area contributed by atoms with Crippen LogP contribution in [-0.4, -0.2) is 31.7 Å². The number of nitrogens with two attached hydrogens (primary N) is 1. The molecule has 0 aromatic heterocycles. The molecule has 5 nitrogen and oxygen atoms in total. The van der Waals surface area contributed by atoms with E-state index >= 15 is 0 Å². The van der Waals surface area contributed by atoms with Gasteiger partial charge in [-0.15, -0.1) is 0 Å². The highest BCUT2D eigenvalue weighted by molar-refractivity contribution is 6.07. The molecular weight excluding hydrogens is 292 g/mol. The highest BCUT2D eigenvalue weighted by Gasteiger charge is 2.28. The summed E-state index contributed by atoms with van der Waals surface area (Å²) in [4.78, 5) is 14.7. The number of anilines is 1. The Hall–Kier alpha value is -2.53. The predicted molar refractivity (Wildman–Crippen MR) is 87.2 cm³/mol. The molecule has 0 spiro atoms. The van der Waals surface area contributed by atoms with Gasteiger partial charge in [-0.3, -0.25) is 4.79 Å². The Morgan fingerprint density at radius 2 is 1.87 bits per heavy atom. The van der Waals surface area contributed by atoms with Gasteiger partial charge in [-0.05, 0) is 36.2 Å². The fourth-order valence-corrected chi connectivity index (χ4v) is 3.15. The molecule has 0 saturated carbocycles. The van der Waals surface area contributed by atoms with Crippen LogP contribution in [0.1, 0.15) is 15.9 Å². The van der Waals surface area contributed by atoms with Crippen LogP contribution in [0.25, 0.3) is 0 Å². The molecule has 5 heteroatoms. The van der Waals surface area contributed by atoms with Gasteiger partial charge >= 0.3 is 0 Å². The van der Waals surface area contributed by atoms with E-state index in [0.29, 0.717) is 36.8 Å². The zero-order chi connectivity index (χ0) is 15.8. The second kappa shape index (κ2) is 5.59. The number of benzene rings is 2. The lowest BCUT2D eigenvalue weighted by Gasteiger charge is -2.33. The van der Waals surface area contributed by atoms with Gasteiger partial charge in [-0.1, -0.05) is 18.2 Å². The first-order valence-corrected chi connectivity index (χ1v) is 7.77. The van der Waals surface area contributed by atoms with Gasteiger partial charge in [0.05, 0.1) is 0 Å². The van der Waals surface area contributed by atoms with Crippen LogP contribution >= 0.6 is 0 Å². The zero-order valence-electron chi connectivity index (χ0n) is 12.7. The molecule has 118 valence electrons. The molecule has 1 amide bonds. The Kier molecular flexibility index (Phi) is 3.42. The first-order chi connectivity index (χ1) is 11.2. The van der Waals surface area contributed by atoms with Crippen molar-refractivity contribution < 1.29 is 14.3 Å². The zero-order valence-corrected chi connectivity index (χ0v) is 12.7. The molecule has 2 N–H and O–H groups in total. The number of carbonyl (C=O) groups is 1. The maximum atomic E-state index is 13.0. The van der Waals surface area contributed by atoms with Crippen molar-refractivity contribution in [3.8, 4) is 11.5 Å². The summed E-state index contributed by atoms with van der Waals surface area (Å²) < 4.78 is 11.1. The minimum absolute atomic E-state index is 0.0499. The normalized spacial score (nSPS) is 19.2. The molecule has 0 fully saturated rings.